The molecule has 18 heteroatoms. The van der Waals surface area contributed by atoms with Crippen LogP contribution in [-0.4, -0.2) is 74.0 Å². The molecule has 0 spiro atoms. The van der Waals surface area contributed by atoms with Crippen LogP contribution in [-0.2, 0) is 15.7 Å². The van der Waals surface area contributed by atoms with E-state index in [1.807, 2.05) is 4.90 Å². The van der Waals surface area contributed by atoms with Gasteiger partial charge >= 0.3 is 11.9 Å². The molecule has 1 amide bonds. The quantitative estimate of drug-likeness (QED) is 0.289. The molecule has 0 radical (unpaired) electrons. The highest BCUT2D eigenvalue weighted by Gasteiger charge is 2.38. The third kappa shape index (κ3) is 7.64. The summed E-state index contributed by atoms with van der Waals surface area (Å²) >= 11 is 6.00. The maximum Gasteiger partial charge on any atom is 0.423 e. The van der Waals surface area contributed by atoms with Gasteiger partial charge in [-0.1, -0.05) is 11.6 Å². The van der Waals surface area contributed by atoms with Crippen molar-refractivity contribution in [2.75, 3.05) is 19.7 Å². The van der Waals surface area contributed by atoms with E-state index in [-0.39, 0.29) is 37.3 Å². The van der Waals surface area contributed by atoms with Crippen molar-refractivity contribution < 1.29 is 32.9 Å². The van der Waals surface area contributed by atoms with Crippen LogP contribution in [0.4, 0.5) is 13.2 Å². The molecule has 3 atom stereocenters. The number of dihydropyridines is 1. The van der Waals surface area contributed by atoms with Crippen molar-refractivity contribution in [1.29, 1.82) is 5.41 Å². The zero-order valence-electron chi connectivity index (χ0n) is 19.8. The zero-order valence-corrected chi connectivity index (χ0v) is 21.4. The number of aliphatic hydroxyl groups is 2. The van der Waals surface area contributed by atoms with Crippen LogP contribution in [0.25, 0.3) is 0 Å². The molecule has 0 bridgehead atoms. The van der Waals surface area contributed by atoms with E-state index in [4.69, 9.17) is 32.6 Å². The Balaban J connectivity index is 0.000000368. The molecule has 2 fully saturated rings. The predicted octanol–water partition coefficient (Wildman–Crippen LogP) is 0.620. The summed E-state index contributed by atoms with van der Waals surface area (Å²) in [6, 6.07) is 0. The molecule has 4 heterocycles. The fourth-order valence-corrected chi connectivity index (χ4v) is 3.98. The first kappa shape index (κ1) is 33.3. The summed E-state index contributed by atoms with van der Waals surface area (Å²) in [7, 11) is 0. The monoisotopic (exact) mass is 589 g/mol. The summed E-state index contributed by atoms with van der Waals surface area (Å²) in [4.78, 5) is 41.2. The van der Waals surface area contributed by atoms with Gasteiger partial charge < -0.3 is 31.7 Å². The molecule has 214 valence electrons. The molecular weight excluding hydrogens is 562 g/mol. The number of hydrogen-bond acceptors (Lipinski definition) is 9. The number of halogens is 5. The highest BCUT2D eigenvalue weighted by Crippen LogP contribution is 2.30. The van der Waals surface area contributed by atoms with E-state index < -0.39 is 48.0 Å². The number of aliphatic imine (C=N–C) groups is 1. The molecule has 4 rings (SSSR count). The van der Waals surface area contributed by atoms with Gasteiger partial charge in [-0.25, -0.2) is 9.79 Å². The van der Waals surface area contributed by atoms with Crippen LogP contribution in [0.5, 0.6) is 0 Å². The van der Waals surface area contributed by atoms with E-state index in [2.05, 4.69) is 4.99 Å². The van der Waals surface area contributed by atoms with Gasteiger partial charge in [0.2, 0.25) is 0 Å². The molecule has 0 aliphatic carbocycles. The fraction of sp³-hybridized carbons (Fsp3) is 0.550. The Bertz CT molecular complexity index is 1220. The summed E-state index contributed by atoms with van der Waals surface area (Å²) in [5.41, 5.74) is 2.34. The first-order valence-electron chi connectivity index (χ1n) is 10.8. The van der Waals surface area contributed by atoms with Gasteiger partial charge in [-0.2, -0.15) is 13.2 Å². The van der Waals surface area contributed by atoms with Crippen LogP contribution in [0.15, 0.2) is 31.5 Å². The number of aliphatic hydroxyl groups excluding tert-OH is 2. The first-order chi connectivity index (χ1) is 16.8. The molecule has 1 aromatic rings. The average Bonchev–Trinajstić information content (AvgIpc) is 3.36. The van der Waals surface area contributed by atoms with Crippen molar-refractivity contribution in [1.82, 2.24) is 20.6 Å². The van der Waals surface area contributed by atoms with Gasteiger partial charge in [0.15, 0.2) is 0 Å². The number of hydrogen-bond donors (Lipinski definition) is 6. The number of ether oxygens (including phenoxy) is 1. The van der Waals surface area contributed by atoms with Crippen LogP contribution < -0.4 is 23.1 Å². The van der Waals surface area contributed by atoms with Gasteiger partial charge in [0.1, 0.15) is 17.9 Å². The van der Waals surface area contributed by atoms with Crippen molar-refractivity contribution >= 4 is 41.5 Å². The first-order valence-corrected chi connectivity index (χ1v) is 11.1. The average molecular weight is 590 g/mol. The van der Waals surface area contributed by atoms with Gasteiger partial charge in [-0.3, -0.25) is 24.5 Å². The number of rotatable bonds is 4. The zero-order chi connectivity index (χ0) is 26.8. The number of alkyl halides is 3. The van der Waals surface area contributed by atoms with E-state index in [1.54, 1.807) is 4.98 Å². The van der Waals surface area contributed by atoms with E-state index in [0.29, 0.717) is 39.6 Å². The number of H-pyrrole nitrogens is 1. The SMILES string of the molecule is Cl.N.N=C1CCCN1CC1=NC(=O)CC(N)=C1Cl.O=c1[nH]c(=O)n([C@H]2C[C@H](O)[C@@H](CO)O2)cc1C(F)(F)F. The maximum absolute atomic E-state index is 12.6. The Labute approximate surface area is 224 Å². The Kier molecular flexibility index (Phi) is 11.7. The highest BCUT2D eigenvalue weighted by atomic mass is 35.5. The third-order valence-corrected chi connectivity index (χ3v) is 6.13. The van der Waals surface area contributed by atoms with Crippen molar-refractivity contribution in [2.24, 2.45) is 10.7 Å². The highest BCUT2D eigenvalue weighted by molar-refractivity contribution is 6.45. The number of carbonyl (C=O) groups is 1. The molecule has 0 saturated carbocycles. The Hall–Kier alpha value is -2.76. The molecule has 13 nitrogen and oxygen atoms in total. The molecule has 0 unspecified atom stereocenters. The number of likely N-dealkylation sites (tertiary alicyclic amines) is 1. The van der Waals surface area contributed by atoms with E-state index >= 15 is 0 Å². The lowest BCUT2D eigenvalue weighted by Gasteiger charge is -2.20. The maximum atomic E-state index is 12.6. The second kappa shape index (κ2) is 13.3. The molecule has 2 saturated heterocycles. The van der Waals surface area contributed by atoms with Gasteiger partial charge in [-0.05, 0) is 6.42 Å². The molecular formula is C20H28Cl2F3N7O6. The van der Waals surface area contributed by atoms with E-state index in [1.165, 1.54) is 0 Å². The van der Waals surface area contributed by atoms with Crippen molar-refractivity contribution in [2.45, 2.75) is 50.3 Å². The van der Waals surface area contributed by atoms with Crippen LogP contribution in [0.1, 0.15) is 37.5 Å². The number of carbonyl (C=O) groups excluding carboxylic acids is 1. The summed E-state index contributed by atoms with van der Waals surface area (Å²) in [5.74, 6) is 0.311. The Morgan fingerprint density at radius 2 is 1.97 bits per heavy atom. The Morgan fingerprint density at radius 1 is 1.32 bits per heavy atom. The second-order valence-corrected chi connectivity index (χ2v) is 8.64. The van der Waals surface area contributed by atoms with Crippen LogP contribution >= 0.6 is 24.0 Å². The molecule has 0 aromatic carbocycles. The summed E-state index contributed by atoms with van der Waals surface area (Å²) in [6.45, 7) is 0.683. The lowest BCUT2D eigenvalue weighted by molar-refractivity contribution is -0.139. The number of nitrogens with one attached hydrogen (secondary N) is 2. The lowest BCUT2D eigenvalue weighted by Crippen LogP contribution is -2.36. The molecule has 38 heavy (non-hydrogen) atoms. The number of aromatic amines is 1. The van der Waals surface area contributed by atoms with E-state index in [9.17, 15) is 32.7 Å². The van der Waals surface area contributed by atoms with E-state index in [0.717, 1.165) is 19.4 Å². The Morgan fingerprint density at radius 3 is 2.50 bits per heavy atom. The molecule has 3 aliphatic rings. The van der Waals surface area contributed by atoms with Gasteiger partial charge in [0, 0.05) is 31.3 Å². The summed E-state index contributed by atoms with van der Waals surface area (Å²) < 4.78 is 43.4. The standard InChI is InChI=1S/C10H13ClN4O.C10H11F3N2O5.ClH.H3N/c11-10-6(12)4-9(16)14-7(10)5-15-3-1-2-8(15)13;11-10(12,13)4-2-15(9(19)14-8(4)18)7-1-5(17)6(3-16)20-7;;/h13H,1-5,12H2;2,5-7,16-17H,1,3H2,(H,14,18,19);1H;1H3/t;5-,6+,7+;;/m.0../s1. The lowest BCUT2D eigenvalue weighted by atomic mass is 10.1. The number of amides is 1. The third-order valence-electron chi connectivity index (χ3n) is 5.67. The van der Waals surface area contributed by atoms with Crippen LogP contribution in [0.2, 0.25) is 0 Å². The topological polar surface area (TPSA) is 222 Å². The number of amidine groups is 1. The van der Waals surface area contributed by atoms with Crippen LogP contribution in [0.3, 0.4) is 0 Å². The molecule has 9 N–H and O–H groups in total. The van der Waals surface area contributed by atoms with Gasteiger partial charge in [0.25, 0.3) is 11.5 Å². The minimum absolute atomic E-state index is 0. The molecule has 3 aliphatic heterocycles. The smallest absolute Gasteiger partial charge is 0.400 e. The summed E-state index contributed by atoms with van der Waals surface area (Å²) in [6.07, 6.45) is -6.20. The van der Waals surface area contributed by atoms with Crippen LogP contribution in [0, 0.1) is 5.41 Å². The van der Waals surface area contributed by atoms with Gasteiger partial charge in [0.05, 0.1) is 42.3 Å². The normalized spacial score (nSPS) is 23.4. The van der Waals surface area contributed by atoms with Crippen molar-refractivity contribution in [3.8, 4) is 0 Å². The second-order valence-electron chi connectivity index (χ2n) is 8.26. The van der Waals surface area contributed by atoms with Crippen molar-refractivity contribution in [3.63, 3.8) is 0 Å². The fourth-order valence-electron chi connectivity index (χ4n) is 3.81. The largest absolute Gasteiger partial charge is 0.423 e. The minimum Gasteiger partial charge on any atom is -0.400 e. The van der Waals surface area contributed by atoms with Gasteiger partial charge in [-0.15, -0.1) is 12.4 Å². The van der Waals surface area contributed by atoms with Crippen molar-refractivity contribution in [3.05, 3.63) is 43.3 Å². The number of nitrogens with zero attached hydrogens (tertiary/aromatic N) is 3. The number of aromatic nitrogens is 2. The summed E-state index contributed by atoms with van der Waals surface area (Å²) in [5, 5.41) is 26.4. The minimum atomic E-state index is -4.92. The predicted molar refractivity (Wildman–Crippen MR) is 133 cm³/mol. The molecule has 1 aromatic heterocycles. The number of nitrogens with two attached hydrogens (primary N) is 1.